The highest BCUT2D eigenvalue weighted by atomic mass is 32.2. The van der Waals surface area contributed by atoms with Crippen molar-refractivity contribution in [1.82, 2.24) is 4.72 Å². The number of allylic oxidation sites excluding steroid dienone is 1. The molecule has 0 radical (unpaired) electrons. The van der Waals surface area contributed by atoms with Gasteiger partial charge in [-0.1, -0.05) is 19.1 Å². The van der Waals surface area contributed by atoms with E-state index in [1.807, 2.05) is 33.8 Å². The average molecular weight is 562 g/mol. The van der Waals surface area contributed by atoms with Crippen molar-refractivity contribution in [3.63, 3.8) is 0 Å². The van der Waals surface area contributed by atoms with E-state index in [1.165, 1.54) is 32.5 Å². The number of ether oxygens (including phenoxy) is 4. The minimum atomic E-state index is -1.51. The second kappa shape index (κ2) is 15.8. The van der Waals surface area contributed by atoms with Crippen molar-refractivity contribution in [2.24, 2.45) is 5.92 Å². The molecule has 0 aromatic carbocycles. The smallest absolute Gasteiger partial charge is 0.303 e. The van der Waals surface area contributed by atoms with Crippen LogP contribution in [-0.2, 0) is 44.7 Å². The van der Waals surface area contributed by atoms with Gasteiger partial charge in [-0.3, -0.25) is 14.4 Å². The van der Waals surface area contributed by atoms with Crippen LogP contribution in [0.5, 0.6) is 0 Å². The van der Waals surface area contributed by atoms with E-state index in [0.29, 0.717) is 5.75 Å². The minimum Gasteiger partial charge on any atom is -0.598 e. The summed E-state index contributed by atoms with van der Waals surface area (Å²) in [7, 11) is 0. The molecule has 212 valence electrons. The first-order valence-corrected chi connectivity index (χ1v) is 14.6. The van der Waals surface area contributed by atoms with Crippen LogP contribution in [0.15, 0.2) is 25.3 Å². The van der Waals surface area contributed by atoms with Crippen LogP contribution in [0.25, 0.3) is 0 Å². The molecule has 0 aromatic heterocycles. The molecule has 0 spiro atoms. The Morgan fingerprint density at radius 1 is 1.03 bits per heavy atom. The Morgan fingerprint density at radius 2 is 1.57 bits per heavy atom. The Labute approximate surface area is 228 Å². The number of hydrogen-bond acceptors (Lipinski definition) is 10. The van der Waals surface area contributed by atoms with Gasteiger partial charge < -0.3 is 23.5 Å². The Morgan fingerprint density at radius 3 is 2.05 bits per heavy atom. The summed E-state index contributed by atoms with van der Waals surface area (Å²) in [5.74, 6) is -1.46. The molecule has 11 heteroatoms. The van der Waals surface area contributed by atoms with Crippen molar-refractivity contribution in [3.8, 4) is 0 Å². The van der Waals surface area contributed by atoms with Crippen LogP contribution in [0, 0.1) is 5.92 Å². The lowest BCUT2D eigenvalue weighted by Crippen LogP contribution is -2.66. The molecule has 8 atom stereocenters. The van der Waals surface area contributed by atoms with Crippen LogP contribution in [0.2, 0.25) is 0 Å². The molecule has 1 rings (SSSR count). The predicted molar refractivity (Wildman–Crippen MR) is 146 cm³/mol. The Bertz CT molecular complexity index is 787. The van der Waals surface area contributed by atoms with Gasteiger partial charge in [-0.25, -0.2) is 0 Å². The Hall–Kier alpha value is -1.53. The normalized spacial score (nSPS) is 26.3. The maximum atomic E-state index is 13.1. The van der Waals surface area contributed by atoms with Crippen molar-refractivity contribution in [3.05, 3.63) is 25.3 Å². The highest BCUT2D eigenvalue weighted by Crippen LogP contribution is 2.37. The summed E-state index contributed by atoms with van der Waals surface area (Å²) >= 11 is -0.0871. The molecule has 1 aliphatic rings. The maximum absolute atomic E-state index is 13.1. The molecule has 37 heavy (non-hydrogen) atoms. The first-order valence-electron chi connectivity index (χ1n) is 12.4. The molecule has 9 nitrogen and oxygen atoms in total. The van der Waals surface area contributed by atoms with Gasteiger partial charge in [0, 0.05) is 32.1 Å². The first kappa shape index (κ1) is 33.5. The second-order valence-electron chi connectivity index (χ2n) is 9.97. The lowest BCUT2D eigenvalue weighted by molar-refractivity contribution is -0.236. The molecule has 6 unspecified atom stereocenters. The highest BCUT2D eigenvalue weighted by Gasteiger charge is 2.55. The molecule has 0 saturated carbocycles. The van der Waals surface area contributed by atoms with Crippen LogP contribution in [-0.4, -0.2) is 68.9 Å². The van der Waals surface area contributed by atoms with Crippen molar-refractivity contribution >= 4 is 41.0 Å². The molecule has 1 N–H and O–H groups in total. The topological polar surface area (TPSA) is 123 Å². The maximum Gasteiger partial charge on any atom is 0.303 e. The lowest BCUT2D eigenvalue weighted by atomic mass is 9.88. The van der Waals surface area contributed by atoms with Crippen LogP contribution in [0.3, 0.4) is 0 Å². The monoisotopic (exact) mass is 561 g/mol. The number of carbonyl (C=O) groups excluding carboxylic acids is 3. The molecule has 0 aliphatic carbocycles. The molecule has 0 bridgehead atoms. The molecular formula is C26H43NO8S2. The van der Waals surface area contributed by atoms with E-state index in [-0.39, 0.29) is 5.92 Å². The van der Waals surface area contributed by atoms with E-state index < -0.39 is 69.9 Å². The Balaban J connectivity index is 3.54. The molecule has 0 aromatic rings. The SMILES string of the molecule is C=CCCCCSC1OC([C@H](N[S+]([O-])C(C)(C)C)[C@H](C)C=C)C(OC(C)=O)C(OC(C)=O)C1OC(C)=O. The fraction of sp³-hybridized carbons (Fsp3) is 0.731. The second-order valence-corrected chi connectivity index (χ2v) is 13.2. The summed E-state index contributed by atoms with van der Waals surface area (Å²) in [5, 5.41) is 0. The third kappa shape index (κ3) is 11.0. The highest BCUT2D eigenvalue weighted by molar-refractivity contribution is 7.99. The summed E-state index contributed by atoms with van der Waals surface area (Å²) in [6.45, 7) is 18.7. The number of unbranched alkanes of at least 4 members (excludes halogenated alkanes) is 2. The average Bonchev–Trinajstić information content (AvgIpc) is 2.78. The van der Waals surface area contributed by atoms with Crippen LogP contribution in [0.1, 0.15) is 67.7 Å². The zero-order chi connectivity index (χ0) is 28.3. The third-order valence-electron chi connectivity index (χ3n) is 5.61. The van der Waals surface area contributed by atoms with E-state index >= 15 is 0 Å². The Kier molecular flexibility index (Phi) is 14.3. The number of thioether (sulfide) groups is 1. The van der Waals surface area contributed by atoms with Crippen molar-refractivity contribution in [1.29, 1.82) is 0 Å². The van der Waals surface area contributed by atoms with Gasteiger partial charge in [0.2, 0.25) is 0 Å². The predicted octanol–water partition coefficient (Wildman–Crippen LogP) is 3.84. The van der Waals surface area contributed by atoms with Crippen molar-refractivity contribution in [2.45, 2.75) is 108 Å². The fourth-order valence-electron chi connectivity index (χ4n) is 3.74. The molecule has 1 aliphatic heterocycles. The van der Waals surface area contributed by atoms with Gasteiger partial charge in [-0.2, -0.15) is 0 Å². The molecule has 1 saturated heterocycles. The van der Waals surface area contributed by atoms with E-state index in [2.05, 4.69) is 17.9 Å². The van der Waals surface area contributed by atoms with Gasteiger partial charge >= 0.3 is 17.9 Å². The van der Waals surface area contributed by atoms with Gasteiger partial charge in [0.05, 0.1) is 6.04 Å². The number of nitrogens with one attached hydrogen (secondary N) is 1. The van der Waals surface area contributed by atoms with Crippen LogP contribution >= 0.6 is 11.8 Å². The van der Waals surface area contributed by atoms with Crippen LogP contribution < -0.4 is 4.72 Å². The van der Waals surface area contributed by atoms with Crippen molar-refractivity contribution < 1.29 is 37.9 Å². The summed E-state index contributed by atoms with van der Waals surface area (Å²) in [6, 6.07) is -0.637. The lowest BCUT2D eigenvalue weighted by Gasteiger charge is -2.47. The fourth-order valence-corrected chi connectivity index (χ4v) is 5.90. The number of carbonyl (C=O) groups is 3. The van der Waals surface area contributed by atoms with Gasteiger partial charge in [-0.15, -0.1) is 29.6 Å². The molecular weight excluding hydrogens is 518 g/mol. The van der Waals surface area contributed by atoms with E-state index in [4.69, 9.17) is 18.9 Å². The zero-order valence-electron chi connectivity index (χ0n) is 23.0. The number of esters is 3. The van der Waals surface area contributed by atoms with Crippen molar-refractivity contribution in [2.75, 3.05) is 5.75 Å². The first-order chi connectivity index (χ1) is 17.2. The van der Waals surface area contributed by atoms with Gasteiger partial charge in [-0.05, 0) is 51.7 Å². The van der Waals surface area contributed by atoms with Crippen LogP contribution in [0.4, 0.5) is 0 Å². The van der Waals surface area contributed by atoms with E-state index in [0.717, 1.165) is 19.3 Å². The summed E-state index contributed by atoms with van der Waals surface area (Å²) in [4.78, 5) is 36.4. The summed E-state index contributed by atoms with van der Waals surface area (Å²) in [5.41, 5.74) is -0.738. The van der Waals surface area contributed by atoms with E-state index in [1.54, 1.807) is 6.08 Å². The third-order valence-corrected chi connectivity index (χ3v) is 8.44. The standard InChI is InChI=1S/C26H43NO8S2/c1-10-12-13-14-15-36-25-24(34-19(6)30)23(33-18(5)29)22(32-17(4)28)21(35-25)20(16(3)11-2)27-37(31)26(7,8)9/h10-11,16,20-25,27H,1-2,12-15H2,3-9H3/t16-,20-,21?,22?,23?,24?,25?,37?/m1/s1. The summed E-state index contributed by atoms with van der Waals surface area (Å²) < 4.78 is 39.0. The van der Waals surface area contributed by atoms with E-state index in [9.17, 15) is 18.9 Å². The largest absolute Gasteiger partial charge is 0.598 e. The zero-order valence-corrected chi connectivity index (χ0v) is 24.7. The molecule has 1 fully saturated rings. The van der Waals surface area contributed by atoms with Gasteiger partial charge in [0.15, 0.2) is 18.3 Å². The quantitative estimate of drug-likeness (QED) is 0.110. The minimum absolute atomic E-state index is 0.282. The van der Waals surface area contributed by atoms with Gasteiger partial charge in [0.1, 0.15) is 16.3 Å². The molecule has 0 amide bonds. The molecule has 1 heterocycles. The van der Waals surface area contributed by atoms with Gasteiger partial charge in [0.25, 0.3) is 0 Å². The summed E-state index contributed by atoms with van der Waals surface area (Å²) in [6.07, 6.45) is 1.98. The number of rotatable bonds is 14. The number of hydrogen-bond donors (Lipinski definition) is 1.